The highest BCUT2D eigenvalue weighted by Gasteiger charge is 2.20. The van der Waals surface area contributed by atoms with Gasteiger partial charge in [0.15, 0.2) is 5.82 Å². The van der Waals surface area contributed by atoms with Crippen molar-refractivity contribution >= 4 is 29.1 Å². The predicted octanol–water partition coefficient (Wildman–Crippen LogP) is 5.17. The van der Waals surface area contributed by atoms with Gasteiger partial charge in [-0.25, -0.2) is 0 Å². The minimum Gasteiger partial charge on any atom is -0.486 e. The van der Waals surface area contributed by atoms with E-state index in [4.69, 9.17) is 21.4 Å². The van der Waals surface area contributed by atoms with Crippen LogP contribution < -0.4 is 4.74 Å². The van der Waals surface area contributed by atoms with E-state index in [0.717, 1.165) is 27.9 Å². The molecule has 0 saturated heterocycles. The van der Waals surface area contributed by atoms with Crippen LogP contribution in [0.15, 0.2) is 58.8 Å². The summed E-state index contributed by atoms with van der Waals surface area (Å²) in [5.74, 6) is 2.22. The molecule has 3 aromatic rings. The van der Waals surface area contributed by atoms with Gasteiger partial charge >= 0.3 is 0 Å². The second-order valence-corrected chi connectivity index (χ2v) is 8.99. The second kappa shape index (κ2) is 7.60. The molecule has 2 heterocycles. The molecule has 7 heteroatoms. The van der Waals surface area contributed by atoms with Gasteiger partial charge in [-0.05, 0) is 40.8 Å². The number of hydrogen-bond acceptors (Lipinski definition) is 5. The molecule has 0 bridgehead atoms. The average Bonchev–Trinajstić information content (AvgIpc) is 3.09. The molecule has 144 valence electrons. The average molecular weight is 413 g/mol. The van der Waals surface area contributed by atoms with Crippen molar-refractivity contribution in [1.82, 2.24) is 14.9 Å². The van der Waals surface area contributed by atoms with Crippen molar-refractivity contribution in [3.8, 4) is 5.75 Å². The first kappa shape index (κ1) is 19.0. The van der Waals surface area contributed by atoms with Crippen LogP contribution in [0.4, 0.5) is 0 Å². The van der Waals surface area contributed by atoms with Crippen molar-refractivity contribution in [3.05, 3.63) is 70.5 Å². The normalized spacial score (nSPS) is 13.8. The van der Waals surface area contributed by atoms with Crippen LogP contribution in [0.3, 0.4) is 0 Å². The standard InChI is InChI=1S/C21H21ClN4OS/c1-21(2,3)15-6-10-17(11-7-15)27-12-19-23-24-20-26(19)25-18(13-28-20)14-4-8-16(22)9-5-14/h4-11H,12-13H2,1-3H3. The van der Waals surface area contributed by atoms with Crippen molar-refractivity contribution in [3.63, 3.8) is 0 Å². The zero-order valence-electron chi connectivity index (χ0n) is 16.0. The fraction of sp³-hybridized carbons (Fsp3) is 0.286. The molecule has 2 aromatic carbocycles. The van der Waals surface area contributed by atoms with E-state index < -0.39 is 0 Å². The number of ether oxygens (including phenoxy) is 1. The van der Waals surface area contributed by atoms with E-state index in [2.05, 4.69) is 43.1 Å². The number of fused-ring (bicyclic) bond motifs is 1. The molecule has 0 amide bonds. The maximum absolute atomic E-state index is 5.99. The first-order valence-corrected chi connectivity index (χ1v) is 10.4. The number of thioether (sulfide) groups is 1. The van der Waals surface area contributed by atoms with Crippen molar-refractivity contribution in [2.45, 2.75) is 37.9 Å². The van der Waals surface area contributed by atoms with Gasteiger partial charge in [-0.2, -0.15) is 9.78 Å². The van der Waals surface area contributed by atoms with E-state index in [0.29, 0.717) is 17.5 Å². The van der Waals surface area contributed by atoms with Crippen molar-refractivity contribution < 1.29 is 4.74 Å². The zero-order chi connectivity index (χ0) is 19.7. The number of hydrogen-bond donors (Lipinski definition) is 0. The van der Waals surface area contributed by atoms with Crippen molar-refractivity contribution in [1.29, 1.82) is 0 Å². The Balaban J connectivity index is 1.51. The van der Waals surface area contributed by atoms with Gasteiger partial charge in [0.25, 0.3) is 0 Å². The smallest absolute Gasteiger partial charge is 0.212 e. The van der Waals surface area contributed by atoms with Crippen LogP contribution in [0, 0.1) is 0 Å². The van der Waals surface area contributed by atoms with Crippen LogP contribution >= 0.6 is 23.4 Å². The highest BCUT2D eigenvalue weighted by Crippen LogP contribution is 2.26. The van der Waals surface area contributed by atoms with Gasteiger partial charge in [0.2, 0.25) is 5.16 Å². The van der Waals surface area contributed by atoms with Gasteiger partial charge in [-0.15, -0.1) is 10.2 Å². The molecule has 0 N–H and O–H groups in total. The lowest BCUT2D eigenvalue weighted by Gasteiger charge is -2.19. The maximum atomic E-state index is 5.99. The summed E-state index contributed by atoms with van der Waals surface area (Å²) >= 11 is 7.60. The van der Waals surface area contributed by atoms with E-state index >= 15 is 0 Å². The first-order valence-electron chi connectivity index (χ1n) is 9.04. The van der Waals surface area contributed by atoms with Crippen molar-refractivity contribution in [2.75, 3.05) is 5.75 Å². The van der Waals surface area contributed by atoms with Gasteiger partial charge in [-0.1, -0.05) is 68.4 Å². The number of rotatable bonds is 4. The summed E-state index contributed by atoms with van der Waals surface area (Å²) in [4.78, 5) is 0. The summed E-state index contributed by atoms with van der Waals surface area (Å²) in [6, 6.07) is 15.9. The molecule has 5 nitrogen and oxygen atoms in total. The zero-order valence-corrected chi connectivity index (χ0v) is 17.6. The number of benzene rings is 2. The monoisotopic (exact) mass is 412 g/mol. The fourth-order valence-corrected chi connectivity index (χ4v) is 3.82. The van der Waals surface area contributed by atoms with Crippen LogP contribution in [0.5, 0.6) is 5.75 Å². The van der Waals surface area contributed by atoms with Crippen molar-refractivity contribution in [2.24, 2.45) is 5.10 Å². The highest BCUT2D eigenvalue weighted by molar-refractivity contribution is 7.99. The predicted molar refractivity (Wildman–Crippen MR) is 114 cm³/mol. The van der Waals surface area contributed by atoms with Gasteiger partial charge < -0.3 is 4.74 Å². The molecule has 4 rings (SSSR count). The Morgan fingerprint density at radius 2 is 1.75 bits per heavy atom. The fourth-order valence-electron chi connectivity index (χ4n) is 2.84. The molecule has 0 spiro atoms. The quantitative estimate of drug-likeness (QED) is 0.593. The van der Waals surface area contributed by atoms with E-state index in [1.807, 2.05) is 36.4 Å². The summed E-state index contributed by atoms with van der Waals surface area (Å²) in [6.45, 7) is 6.89. The molecular formula is C21H21ClN4OS. The summed E-state index contributed by atoms with van der Waals surface area (Å²) in [5.41, 5.74) is 3.40. The topological polar surface area (TPSA) is 52.3 Å². The largest absolute Gasteiger partial charge is 0.486 e. The van der Waals surface area contributed by atoms with E-state index in [-0.39, 0.29) is 5.41 Å². The molecule has 0 aliphatic carbocycles. The second-order valence-electron chi connectivity index (χ2n) is 7.62. The lowest BCUT2D eigenvalue weighted by Crippen LogP contribution is -2.15. The Hall–Kier alpha value is -2.31. The molecule has 0 unspecified atom stereocenters. The number of nitrogens with zero attached hydrogens (tertiary/aromatic N) is 4. The summed E-state index contributed by atoms with van der Waals surface area (Å²) < 4.78 is 7.69. The molecule has 28 heavy (non-hydrogen) atoms. The van der Waals surface area contributed by atoms with Crippen LogP contribution in [0.1, 0.15) is 37.7 Å². The highest BCUT2D eigenvalue weighted by atomic mass is 35.5. The van der Waals surface area contributed by atoms with Crippen LogP contribution in [-0.2, 0) is 12.0 Å². The van der Waals surface area contributed by atoms with Gasteiger partial charge in [0, 0.05) is 10.8 Å². The third kappa shape index (κ3) is 4.08. The minimum atomic E-state index is 0.120. The molecule has 0 atom stereocenters. The van der Waals surface area contributed by atoms with Crippen LogP contribution in [0.2, 0.25) is 5.02 Å². The SMILES string of the molecule is CC(C)(C)c1ccc(OCc2nnc3n2N=C(c2ccc(Cl)cc2)CS3)cc1. The molecule has 0 fully saturated rings. The Morgan fingerprint density at radius 1 is 1.04 bits per heavy atom. The minimum absolute atomic E-state index is 0.120. The third-order valence-corrected chi connectivity index (χ3v) is 5.68. The molecule has 1 aliphatic heterocycles. The van der Waals surface area contributed by atoms with E-state index in [9.17, 15) is 0 Å². The Bertz CT molecular complexity index is 1000. The van der Waals surface area contributed by atoms with E-state index in [1.165, 1.54) is 5.56 Å². The van der Waals surface area contributed by atoms with Gasteiger partial charge in [-0.3, -0.25) is 0 Å². The molecular weight excluding hydrogens is 392 g/mol. The Morgan fingerprint density at radius 3 is 2.43 bits per heavy atom. The Labute approximate surface area is 173 Å². The summed E-state index contributed by atoms with van der Waals surface area (Å²) in [5, 5.41) is 14.7. The lowest BCUT2D eigenvalue weighted by molar-refractivity contribution is 0.289. The number of aromatic nitrogens is 3. The first-order chi connectivity index (χ1) is 13.4. The number of halogens is 1. The lowest BCUT2D eigenvalue weighted by atomic mass is 9.87. The van der Waals surface area contributed by atoms with Crippen LogP contribution in [0.25, 0.3) is 0 Å². The molecule has 0 radical (unpaired) electrons. The summed E-state index contributed by atoms with van der Waals surface area (Å²) in [6.07, 6.45) is 0. The maximum Gasteiger partial charge on any atom is 0.212 e. The third-order valence-electron chi connectivity index (χ3n) is 4.50. The summed E-state index contributed by atoms with van der Waals surface area (Å²) in [7, 11) is 0. The van der Waals surface area contributed by atoms with Gasteiger partial charge in [0.05, 0.1) is 5.71 Å². The Kier molecular flexibility index (Phi) is 5.17. The van der Waals surface area contributed by atoms with Gasteiger partial charge in [0.1, 0.15) is 12.4 Å². The molecule has 0 saturated carbocycles. The van der Waals surface area contributed by atoms with Crippen LogP contribution in [-0.4, -0.2) is 26.3 Å². The molecule has 1 aromatic heterocycles. The van der Waals surface area contributed by atoms with E-state index in [1.54, 1.807) is 16.4 Å². The molecule has 1 aliphatic rings.